The number of carbonyl (C=O) groups is 2. The molecule has 1 N–H and O–H groups in total. The van der Waals surface area contributed by atoms with Gasteiger partial charge in [0.15, 0.2) is 0 Å². The maximum atomic E-state index is 17.4. The van der Waals surface area contributed by atoms with E-state index in [2.05, 4.69) is 6.07 Å². The summed E-state index contributed by atoms with van der Waals surface area (Å²) in [6, 6.07) is 12.6. The third-order valence-electron chi connectivity index (χ3n) is 9.91. The molecule has 0 aliphatic carbocycles. The molecule has 3 aliphatic rings. The lowest BCUT2D eigenvalue weighted by atomic mass is 9.85. The van der Waals surface area contributed by atoms with Crippen molar-refractivity contribution >= 4 is 17.6 Å². The first kappa shape index (κ1) is 33.5. The molecule has 4 atom stereocenters. The van der Waals surface area contributed by atoms with Crippen molar-refractivity contribution in [3.8, 4) is 11.8 Å². The molecule has 0 bridgehead atoms. The molecule has 3 saturated heterocycles. The summed E-state index contributed by atoms with van der Waals surface area (Å²) < 4.78 is 64.1. The molecule has 0 aromatic heterocycles. The van der Waals surface area contributed by atoms with Gasteiger partial charge < -0.3 is 19.6 Å². The van der Waals surface area contributed by atoms with Gasteiger partial charge in [0, 0.05) is 62.3 Å². The number of piperidine rings is 1. The number of benzene rings is 2. The Balaban J connectivity index is 1.47. The van der Waals surface area contributed by atoms with Gasteiger partial charge in [-0.2, -0.15) is 18.4 Å². The number of ether oxygens (including phenoxy) is 1. The summed E-state index contributed by atoms with van der Waals surface area (Å²) in [4.78, 5) is 30.8. The number of rotatable bonds is 6. The number of aliphatic carboxylic acids is 1. The second kappa shape index (κ2) is 12.4. The molecule has 2 aromatic carbocycles. The highest BCUT2D eigenvalue weighted by atomic mass is 19.4. The van der Waals surface area contributed by atoms with Gasteiger partial charge in [-0.25, -0.2) is 4.39 Å². The van der Waals surface area contributed by atoms with Crippen LogP contribution >= 0.6 is 0 Å². The number of amides is 1. The molecule has 12 heteroatoms. The Morgan fingerprint density at radius 2 is 1.67 bits per heavy atom. The average molecular weight is 645 g/mol. The molecule has 8 nitrogen and oxygen atoms in total. The van der Waals surface area contributed by atoms with Crippen molar-refractivity contribution in [1.82, 2.24) is 9.80 Å². The number of hydrogen-bond acceptors (Lipinski definition) is 6. The molecule has 248 valence electrons. The molecule has 0 spiro atoms. The number of carbonyl (C=O) groups excluding carboxylic acids is 1. The summed E-state index contributed by atoms with van der Waals surface area (Å²) >= 11 is 0. The number of carboxylic acid groups (broad SMARTS) is 1. The van der Waals surface area contributed by atoms with Crippen molar-refractivity contribution in [2.75, 3.05) is 51.3 Å². The van der Waals surface area contributed by atoms with Crippen molar-refractivity contribution < 1.29 is 37.0 Å². The van der Waals surface area contributed by atoms with Gasteiger partial charge in [0.05, 0.1) is 30.6 Å². The molecule has 46 heavy (non-hydrogen) atoms. The van der Waals surface area contributed by atoms with E-state index < -0.39 is 58.5 Å². The fourth-order valence-corrected chi connectivity index (χ4v) is 7.10. The van der Waals surface area contributed by atoms with Crippen molar-refractivity contribution in [2.45, 2.75) is 62.8 Å². The summed E-state index contributed by atoms with van der Waals surface area (Å²) in [5.41, 5.74) is -2.21. The number of carboxylic acids is 1. The predicted molar refractivity (Wildman–Crippen MR) is 163 cm³/mol. The molecular weight excluding hydrogens is 604 g/mol. The molecule has 3 fully saturated rings. The summed E-state index contributed by atoms with van der Waals surface area (Å²) in [7, 11) is 1.53. The van der Waals surface area contributed by atoms with Gasteiger partial charge in [0.1, 0.15) is 5.75 Å². The van der Waals surface area contributed by atoms with Gasteiger partial charge in [0.25, 0.3) is 5.91 Å². The second-order valence-corrected chi connectivity index (χ2v) is 13.7. The van der Waals surface area contributed by atoms with Gasteiger partial charge >= 0.3 is 12.1 Å². The van der Waals surface area contributed by atoms with Crippen LogP contribution in [0.4, 0.5) is 23.2 Å². The quantitative estimate of drug-likeness (QED) is 0.404. The van der Waals surface area contributed by atoms with E-state index in [1.807, 2.05) is 25.7 Å². The number of anilines is 1. The van der Waals surface area contributed by atoms with Gasteiger partial charge in [-0.3, -0.25) is 14.5 Å². The first-order chi connectivity index (χ1) is 21.6. The van der Waals surface area contributed by atoms with E-state index in [0.29, 0.717) is 23.4 Å². The van der Waals surface area contributed by atoms with Gasteiger partial charge in [-0.1, -0.05) is 18.2 Å². The summed E-state index contributed by atoms with van der Waals surface area (Å²) in [6.45, 7) is 6.40. The minimum absolute atomic E-state index is 0.0302. The van der Waals surface area contributed by atoms with Crippen LogP contribution < -0.4 is 9.64 Å². The minimum atomic E-state index is -4.61. The summed E-state index contributed by atoms with van der Waals surface area (Å²) in [6.07, 6.45) is -4.08. The lowest BCUT2D eigenvalue weighted by molar-refractivity contribution is -0.143. The number of alkyl halides is 4. The number of nitriles is 1. The van der Waals surface area contributed by atoms with E-state index >= 15 is 4.39 Å². The molecule has 0 saturated carbocycles. The number of nitrogens with zero attached hydrogens (tertiary/aromatic N) is 4. The maximum Gasteiger partial charge on any atom is 0.416 e. The van der Waals surface area contributed by atoms with Crippen LogP contribution in [-0.2, 0) is 15.8 Å². The van der Waals surface area contributed by atoms with Crippen molar-refractivity contribution in [3.63, 3.8) is 0 Å². The minimum Gasteiger partial charge on any atom is -0.497 e. The summed E-state index contributed by atoms with van der Waals surface area (Å²) in [5, 5.41) is 19.6. The molecule has 0 unspecified atom stereocenters. The highest BCUT2D eigenvalue weighted by molar-refractivity contribution is 5.88. The zero-order chi connectivity index (χ0) is 33.6. The Hall–Kier alpha value is -3.85. The first-order valence-corrected chi connectivity index (χ1v) is 15.5. The maximum absolute atomic E-state index is 17.4. The molecule has 3 heterocycles. The summed E-state index contributed by atoms with van der Waals surface area (Å²) in [5.74, 6) is -3.89. The Morgan fingerprint density at radius 1 is 1.02 bits per heavy atom. The van der Waals surface area contributed by atoms with Crippen LogP contribution in [0.3, 0.4) is 0 Å². The topological polar surface area (TPSA) is 97.1 Å². The average Bonchev–Trinajstić information content (AvgIpc) is 3.62. The first-order valence-electron chi connectivity index (χ1n) is 15.5. The van der Waals surface area contributed by atoms with Crippen LogP contribution in [0.1, 0.15) is 62.1 Å². The van der Waals surface area contributed by atoms with Crippen LogP contribution in [0, 0.1) is 23.2 Å². The van der Waals surface area contributed by atoms with E-state index in [1.54, 1.807) is 29.2 Å². The largest absolute Gasteiger partial charge is 0.497 e. The fourth-order valence-electron chi connectivity index (χ4n) is 7.10. The Labute approximate surface area is 266 Å². The van der Waals surface area contributed by atoms with Crippen molar-refractivity contribution in [1.29, 1.82) is 5.26 Å². The van der Waals surface area contributed by atoms with Crippen LogP contribution in [0.2, 0.25) is 0 Å². The van der Waals surface area contributed by atoms with E-state index in [0.717, 1.165) is 12.1 Å². The zero-order valence-electron chi connectivity index (χ0n) is 26.5. The lowest BCUT2D eigenvalue weighted by Gasteiger charge is -2.35. The Morgan fingerprint density at radius 3 is 2.22 bits per heavy atom. The third kappa shape index (κ3) is 6.39. The molecule has 2 aromatic rings. The van der Waals surface area contributed by atoms with Crippen LogP contribution in [0.15, 0.2) is 42.5 Å². The second-order valence-electron chi connectivity index (χ2n) is 13.7. The number of likely N-dealkylation sites (tertiary alicyclic amines) is 2. The van der Waals surface area contributed by atoms with E-state index in [-0.39, 0.29) is 51.3 Å². The van der Waals surface area contributed by atoms with Crippen molar-refractivity contribution in [3.05, 3.63) is 59.2 Å². The van der Waals surface area contributed by atoms with Gasteiger partial charge in [-0.15, -0.1) is 0 Å². The van der Waals surface area contributed by atoms with Crippen molar-refractivity contribution in [2.24, 2.45) is 11.8 Å². The van der Waals surface area contributed by atoms with Gasteiger partial charge in [-0.05, 0) is 69.0 Å². The lowest BCUT2D eigenvalue weighted by Crippen LogP contribution is -2.51. The highest BCUT2D eigenvalue weighted by Gasteiger charge is 2.58. The Bertz CT molecular complexity index is 1490. The highest BCUT2D eigenvalue weighted by Crippen LogP contribution is 2.46. The van der Waals surface area contributed by atoms with Crippen LogP contribution in [0.5, 0.6) is 5.75 Å². The number of methoxy groups -OCH3 is 1. The number of halogens is 4. The smallest absolute Gasteiger partial charge is 0.416 e. The monoisotopic (exact) mass is 644 g/mol. The standard InChI is InChI=1S/C34H40F4N4O4/c1-32(2,3)42-19-28(21-5-8-25(46-4)9-6-21)33(35,20-42)31(45)41-17-23(16-39)27(18-41)26-10-7-24(34(36,37)38)15-29(26)40-13-11-22(12-14-40)30(43)44/h5-10,15,22-23,27-28H,11-14,17-20H2,1-4H3,(H,43,44)/t23-,27-,28-,33-/m0/s1. The van der Waals surface area contributed by atoms with Crippen LogP contribution in [0.25, 0.3) is 0 Å². The molecule has 0 radical (unpaired) electrons. The zero-order valence-corrected chi connectivity index (χ0v) is 26.5. The molecular formula is C34H40F4N4O4. The van der Waals surface area contributed by atoms with E-state index in [4.69, 9.17) is 4.74 Å². The van der Waals surface area contributed by atoms with E-state index in [9.17, 15) is 33.1 Å². The van der Waals surface area contributed by atoms with Crippen LogP contribution in [-0.4, -0.2) is 84.4 Å². The third-order valence-corrected chi connectivity index (χ3v) is 9.91. The SMILES string of the molecule is COc1ccc([C@@H]2CN(C(C)(C)C)C[C@@]2(F)C(=O)N2C[C@H](c3ccc(C(F)(F)F)cc3N3CCC(C(=O)O)CC3)[C@@H](C#N)C2)cc1. The normalized spacial score (nSPS) is 26.3. The molecule has 1 amide bonds. The molecule has 3 aliphatic heterocycles. The van der Waals surface area contributed by atoms with E-state index in [1.165, 1.54) is 18.1 Å². The fraction of sp³-hybridized carbons (Fsp3) is 0.559. The van der Waals surface area contributed by atoms with Gasteiger partial charge in [0.2, 0.25) is 5.67 Å². The Kier molecular flexibility index (Phi) is 9.03. The number of hydrogen-bond donors (Lipinski definition) is 1. The predicted octanol–water partition coefficient (Wildman–Crippen LogP) is 5.69. The molecule has 5 rings (SSSR count).